The molecule has 3 rings (SSSR count). The van der Waals surface area contributed by atoms with Crippen molar-refractivity contribution in [2.24, 2.45) is 0 Å². The van der Waals surface area contributed by atoms with Crippen LogP contribution in [0.2, 0.25) is 0 Å². The zero-order valence-corrected chi connectivity index (χ0v) is 19.1. The molecule has 0 aromatic heterocycles. The monoisotopic (exact) mass is 476 g/mol. The summed E-state index contributed by atoms with van der Waals surface area (Å²) < 4.78 is 27.7. The van der Waals surface area contributed by atoms with E-state index in [0.717, 1.165) is 39.0 Å². The first-order valence-electron chi connectivity index (χ1n) is 9.99. The van der Waals surface area contributed by atoms with Crippen LogP contribution < -0.4 is 9.62 Å². The number of aryl methyl sites for hydroxylation is 1. The number of carbonyl (C=O) groups excluding carboxylic acids is 2. The van der Waals surface area contributed by atoms with Gasteiger partial charge in [-0.15, -0.1) is 0 Å². The van der Waals surface area contributed by atoms with Gasteiger partial charge in [-0.2, -0.15) is 0 Å². The second kappa shape index (κ2) is 8.79. The van der Waals surface area contributed by atoms with E-state index in [0.29, 0.717) is 0 Å². The summed E-state index contributed by atoms with van der Waals surface area (Å²) >= 11 is 0. The van der Waals surface area contributed by atoms with Crippen LogP contribution in [0.15, 0.2) is 53.4 Å². The van der Waals surface area contributed by atoms with Crippen LogP contribution in [0.25, 0.3) is 0 Å². The van der Waals surface area contributed by atoms with E-state index in [4.69, 9.17) is 0 Å². The van der Waals surface area contributed by atoms with Crippen LogP contribution in [0.1, 0.15) is 19.4 Å². The molecule has 1 heterocycles. The molecule has 0 bridgehead atoms. The van der Waals surface area contributed by atoms with Gasteiger partial charge in [0.2, 0.25) is 0 Å². The topological polar surface area (TPSA) is 150 Å². The number of carbonyl (C=O) groups is 2. The lowest BCUT2D eigenvalue weighted by atomic mass is 10.1. The molecule has 0 spiro atoms. The lowest BCUT2D eigenvalue weighted by molar-refractivity contribution is -0.384. The number of non-ortho nitro benzene ring substituents is 1. The first-order chi connectivity index (χ1) is 15.3. The summed E-state index contributed by atoms with van der Waals surface area (Å²) in [7, 11) is -4.24. The Morgan fingerprint density at radius 2 is 1.70 bits per heavy atom. The first-order valence-corrected chi connectivity index (χ1v) is 11.4. The number of benzene rings is 2. The van der Waals surface area contributed by atoms with Gasteiger partial charge in [0.1, 0.15) is 5.54 Å². The van der Waals surface area contributed by atoms with Gasteiger partial charge < -0.3 is 10.4 Å². The molecule has 1 aliphatic heterocycles. The molecule has 12 heteroatoms. The summed E-state index contributed by atoms with van der Waals surface area (Å²) in [4.78, 5) is 35.4. The zero-order valence-electron chi connectivity index (χ0n) is 18.3. The summed E-state index contributed by atoms with van der Waals surface area (Å²) in [6, 6.07) is 10.2. The lowest BCUT2D eigenvalue weighted by Gasteiger charge is -2.28. The standard InChI is InChI=1S/C21H24N4O7S/c1-14-4-6-15(7-5-14)24(33(31,32)18-10-8-16(9-11-18)25(29)30)13-17(26)12-23-19(27)21(2,3)22-20(23)28/h4-11,17,26H,12-13H2,1-3H3,(H,22,28)/t17-/m1/s1. The molecule has 3 amide bonds. The average molecular weight is 477 g/mol. The summed E-state index contributed by atoms with van der Waals surface area (Å²) in [5.41, 5.74) is -0.265. The lowest BCUT2D eigenvalue weighted by Crippen LogP contribution is -2.45. The second-order valence-electron chi connectivity index (χ2n) is 8.25. The van der Waals surface area contributed by atoms with Crippen molar-refractivity contribution in [3.8, 4) is 0 Å². The van der Waals surface area contributed by atoms with Gasteiger partial charge >= 0.3 is 6.03 Å². The Morgan fingerprint density at radius 1 is 1.12 bits per heavy atom. The number of nitrogens with one attached hydrogen (secondary N) is 1. The summed E-state index contributed by atoms with van der Waals surface area (Å²) in [5.74, 6) is -0.535. The number of nitrogens with zero attached hydrogens (tertiary/aromatic N) is 3. The molecule has 176 valence electrons. The molecule has 0 aliphatic carbocycles. The highest BCUT2D eigenvalue weighted by Crippen LogP contribution is 2.26. The number of aliphatic hydroxyl groups is 1. The fraction of sp³-hybridized carbons (Fsp3) is 0.333. The van der Waals surface area contributed by atoms with Crippen LogP contribution >= 0.6 is 0 Å². The molecule has 2 N–H and O–H groups in total. The Kier molecular flexibility index (Phi) is 6.43. The average Bonchev–Trinajstić information content (AvgIpc) is 2.94. The van der Waals surface area contributed by atoms with Crippen LogP contribution in [-0.2, 0) is 14.8 Å². The predicted molar refractivity (Wildman–Crippen MR) is 119 cm³/mol. The fourth-order valence-electron chi connectivity index (χ4n) is 3.36. The normalized spacial score (nSPS) is 16.4. The number of aliphatic hydroxyl groups excluding tert-OH is 1. The van der Waals surface area contributed by atoms with Crippen molar-refractivity contribution in [1.29, 1.82) is 0 Å². The van der Waals surface area contributed by atoms with Gasteiger partial charge in [-0.05, 0) is 45.0 Å². The Labute approximate surface area is 190 Å². The smallest absolute Gasteiger partial charge is 0.325 e. The number of imide groups is 1. The maximum absolute atomic E-state index is 13.4. The van der Waals surface area contributed by atoms with Crippen molar-refractivity contribution in [1.82, 2.24) is 10.2 Å². The minimum Gasteiger partial charge on any atom is -0.389 e. The first kappa shape index (κ1) is 24.1. The molecule has 2 aromatic carbocycles. The van der Waals surface area contributed by atoms with E-state index >= 15 is 0 Å². The number of hydrogen-bond donors (Lipinski definition) is 2. The largest absolute Gasteiger partial charge is 0.389 e. The fourth-order valence-corrected chi connectivity index (χ4v) is 4.87. The molecular formula is C21H24N4O7S. The third kappa shape index (κ3) is 4.96. The molecule has 0 unspecified atom stereocenters. The number of rotatable bonds is 8. The molecule has 1 saturated heterocycles. The predicted octanol–water partition coefficient (Wildman–Crippen LogP) is 1.79. The number of urea groups is 1. The molecule has 2 aromatic rings. The van der Waals surface area contributed by atoms with Crippen molar-refractivity contribution in [3.63, 3.8) is 0 Å². The SMILES string of the molecule is Cc1ccc(N(C[C@H](O)CN2C(=O)NC(C)(C)C2=O)S(=O)(=O)c2ccc([N+](=O)[O-])cc2)cc1. The van der Waals surface area contributed by atoms with Crippen molar-refractivity contribution < 1.29 is 28.0 Å². The van der Waals surface area contributed by atoms with E-state index in [1.807, 2.05) is 6.92 Å². The van der Waals surface area contributed by atoms with Crippen LogP contribution in [0, 0.1) is 17.0 Å². The molecule has 1 atom stereocenters. The van der Waals surface area contributed by atoms with E-state index in [1.165, 1.54) is 13.8 Å². The Bertz CT molecular complexity index is 1180. The minimum absolute atomic E-state index is 0.211. The maximum Gasteiger partial charge on any atom is 0.325 e. The molecule has 1 aliphatic rings. The number of amides is 3. The van der Waals surface area contributed by atoms with Crippen LogP contribution in [0.5, 0.6) is 0 Å². The number of nitro benzene ring substituents is 1. The number of β-amino-alcohol motifs (C(OH)–C–C–N with tert-alkyl or cyclic N) is 1. The molecule has 0 radical (unpaired) electrons. The zero-order chi connectivity index (χ0) is 24.6. The Morgan fingerprint density at radius 3 is 2.18 bits per heavy atom. The van der Waals surface area contributed by atoms with Gasteiger partial charge in [0.25, 0.3) is 21.6 Å². The van der Waals surface area contributed by atoms with Gasteiger partial charge in [-0.25, -0.2) is 13.2 Å². The van der Waals surface area contributed by atoms with Crippen LogP contribution in [0.4, 0.5) is 16.2 Å². The van der Waals surface area contributed by atoms with Crippen molar-refractivity contribution in [3.05, 3.63) is 64.2 Å². The van der Waals surface area contributed by atoms with Crippen molar-refractivity contribution >= 4 is 33.3 Å². The van der Waals surface area contributed by atoms with E-state index in [1.54, 1.807) is 24.3 Å². The van der Waals surface area contributed by atoms with Crippen molar-refractivity contribution in [2.75, 3.05) is 17.4 Å². The molecule has 33 heavy (non-hydrogen) atoms. The number of sulfonamides is 1. The van der Waals surface area contributed by atoms with Gasteiger partial charge in [0, 0.05) is 12.1 Å². The number of hydrogen-bond acceptors (Lipinski definition) is 7. The summed E-state index contributed by atoms with van der Waals surface area (Å²) in [6.07, 6.45) is -1.40. The van der Waals surface area contributed by atoms with Gasteiger partial charge in [-0.3, -0.25) is 24.1 Å². The maximum atomic E-state index is 13.4. The number of anilines is 1. The van der Waals surface area contributed by atoms with E-state index in [2.05, 4.69) is 5.32 Å². The van der Waals surface area contributed by atoms with Crippen molar-refractivity contribution in [2.45, 2.75) is 37.3 Å². The molecule has 11 nitrogen and oxygen atoms in total. The second-order valence-corrected chi connectivity index (χ2v) is 10.1. The van der Waals surface area contributed by atoms with Crippen LogP contribution in [0.3, 0.4) is 0 Å². The van der Waals surface area contributed by atoms with Crippen LogP contribution in [-0.4, -0.2) is 60.0 Å². The molecule has 1 fully saturated rings. The molecular weight excluding hydrogens is 452 g/mol. The Balaban J connectivity index is 1.91. The summed E-state index contributed by atoms with van der Waals surface area (Å²) in [5, 5.41) is 24.1. The highest BCUT2D eigenvalue weighted by atomic mass is 32.2. The highest BCUT2D eigenvalue weighted by molar-refractivity contribution is 7.92. The minimum atomic E-state index is -4.24. The van der Waals surface area contributed by atoms with E-state index in [9.17, 15) is 33.2 Å². The van der Waals surface area contributed by atoms with E-state index in [-0.39, 0.29) is 16.3 Å². The summed E-state index contributed by atoms with van der Waals surface area (Å²) in [6.45, 7) is 4.01. The third-order valence-electron chi connectivity index (χ3n) is 5.17. The third-order valence-corrected chi connectivity index (χ3v) is 6.98. The van der Waals surface area contributed by atoms with E-state index < -0.39 is 51.6 Å². The van der Waals surface area contributed by atoms with Gasteiger partial charge in [-0.1, -0.05) is 17.7 Å². The van der Waals surface area contributed by atoms with Gasteiger partial charge in [0.15, 0.2) is 0 Å². The quantitative estimate of drug-likeness (QED) is 0.335. The number of nitro groups is 1. The highest BCUT2D eigenvalue weighted by Gasteiger charge is 2.45. The molecule has 0 saturated carbocycles. The van der Waals surface area contributed by atoms with Gasteiger partial charge in [0.05, 0.1) is 34.7 Å². The Hall–Kier alpha value is -3.51.